The van der Waals surface area contributed by atoms with Crippen LogP contribution in [-0.4, -0.2) is 85.0 Å². The number of aliphatic hydroxyl groups is 3. The molecule has 140 valence electrons. The molecule has 0 aromatic carbocycles. The van der Waals surface area contributed by atoms with Gasteiger partial charge in [-0.05, 0) is 0 Å². The Hall–Kier alpha value is -2.38. The number of anilines is 1. The van der Waals surface area contributed by atoms with Crippen LogP contribution < -0.4 is 10.6 Å². The van der Waals surface area contributed by atoms with E-state index in [0.29, 0.717) is 24.3 Å². The van der Waals surface area contributed by atoms with Gasteiger partial charge in [-0.25, -0.2) is 19.7 Å². The number of amides is 2. The molecule has 1 unspecified atom stereocenters. The zero-order valence-electron chi connectivity index (χ0n) is 13.5. The molecule has 0 radical (unpaired) electrons. The highest BCUT2D eigenvalue weighted by molar-refractivity contribution is 5.95. The minimum atomic E-state index is -1.27. The van der Waals surface area contributed by atoms with Crippen LogP contribution >= 0.6 is 0 Å². The van der Waals surface area contributed by atoms with Gasteiger partial charge in [0.1, 0.15) is 24.6 Å². The summed E-state index contributed by atoms with van der Waals surface area (Å²) in [5, 5.41) is 34.5. The molecule has 0 bridgehead atoms. The highest BCUT2D eigenvalue weighted by Gasteiger charge is 2.44. The lowest BCUT2D eigenvalue weighted by Gasteiger charge is -2.16. The Kier molecular flexibility index (Phi) is 4.42. The van der Waals surface area contributed by atoms with Gasteiger partial charge < -0.3 is 30.1 Å². The lowest BCUT2D eigenvalue weighted by Crippen LogP contribution is -2.33. The molecule has 2 aromatic heterocycles. The maximum Gasteiger partial charge on any atom is 0.320 e. The molecule has 0 spiro atoms. The zero-order valence-corrected chi connectivity index (χ0v) is 13.5. The van der Waals surface area contributed by atoms with Crippen LogP contribution in [0, 0.1) is 0 Å². The first kappa shape index (κ1) is 17.1. The largest absolute Gasteiger partial charge is 0.394 e. The Bertz CT molecular complexity index is 810. The SMILES string of the molecule is O=C(NCC1CO1)Nc1ncnc2c1ncn2[C@@H]1O[C@H](CO)[C@@H](O)[C@H]1O. The number of nitrogens with zero attached hydrogens (tertiary/aromatic N) is 4. The van der Waals surface area contributed by atoms with E-state index in [1.807, 2.05) is 0 Å². The van der Waals surface area contributed by atoms with Crippen molar-refractivity contribution >= 4 is 23.0 Å². The molecular formula is C14H18N6O6. The van der Waals surface area contributed by atoms with Gasteiger partial charge in [0, 0.05) is 6.54 Å². The number of carbonyl (C=O) groups excluding carboxylic acids is 1. The lowest BCUT2D eigenvalue weighted by atomic mass is 10.1. The van der Waals surface area contributed by atoms with Crippen molar-refractivity contribution in [3.8, 4) is 0 Å². The van der Waals surface area contributed by atoms with E-state index >= 15 is 0 Å². The molecule has 0 saturated carbocycles. The predicted molar refractivity (Wildman–Crippen MR) is 85.1 cm³/mol. The van der Waals surface area contributed by atoms with Crippen LogP contribution in [-0.2, 0) is 9.47 Å². The first-order chi connectivity index (χ1) is 12.6. The number of urea groups is 1. The van der Waals surface area contributed by atoms with E-state index in [1.165, 1.54) is 17.2 Å². The number of aliphatic hydroxyl groups excluding tert-OH is 3. The van der Waals surface area contributed by atoms with Crippen LogP contribution in [0.2, 0.25) is 0 Å². The fourth-order valence-electron chi connectivity index (χ4n) is 2.78. The Balaban J connectivity index is 1.56. The second kappa shape index (κ2) is 6.74. The van der Waals surface area contributed by atoms with Gasteiger partial charge in [0.2, 0.25) is 0 Å². The number of imidazole rings is 1. The third-order valence-corrected chi connectivity index (χ3v) is 4.27. The van der Waals surface area contributed by atoms with Gasteiger partial charge in [0.25, 0.3) is 0 Å². The predicted octanol–water partition coefficient (Wildman–Crippen LogP) is -2.04. The fraction of sp³-hybridized carbons (Fsp3) is 0.571. The van der Waals surface area contributed by atoms with Crippen LogP contribution in [0.4, 0.5) is 10.6 Å². The van der Waals surface area contributed by atoms with E-state index in [0.717, 1.165) is 0 Å². The molecule has 2 aromatic rings. The maximum absolute atomic E-state index is 11.9. The minimum absolute atomic E-state index is 0.0530. The van der Waals surface area contributed by atoms with Crippen molar-refractivity contribution in [3.05, 3.63) is 12.7 Å². The topological polar surface area (TPSA) is 167 Å². The van der Waals surface area contributed by atoms with E-state index in [4.69, 9.17) is 9.47 Å². The summed E-state index contributed by atoms with van der Waals surface area (Å²) in [6, 6.07) is -0.456. The van der Waals surface area contributed by atoms with Crippen LogP contribution in [0.15, 0.2) is 12.7 Å². The summed E-state index contributed by atoms with van der Waals surface area (Å²) in [6.07, 6.45) is -1.74. The summed E-state index contributed by atoms with van der Waals surface area (Å²) >= 11 is 0. The van der Waals surface area contributed by atoms with Gasteiger partial charge in [0.05, 0.1) is 25.6 Å². The first-order valence-electron chi connectivity index (χ1n) is 8.05. The molecule has 4 rings (SSSR count). The highest BCUT2D eigenvalue weighted by Crippen LogP contribution is 2.32. The van der Waals surface area contributed by atoms with Crippen LogP contribution in [0.3, 0.4) is 0 Å². The number of carbonyl (C=O) groups is 1. The molecule has 2 saturated heterocycles. The number of hydrogen-bond donors (Lipinski definition) is 5. The number of epoxide rings is 1. The average molecular weight is 366 g/mol. The Morgan fingerprint density at radius 1 is 1.31 bits per heavy atom. The summed E-state index contributed by atoms with van der Waals surface area (Å²) in [6.45, 7) is 0.595. The summed E-state index contributed by atoms with van der Waals surface area (Å²) in [5.74, 6) is 0.190. The molecule has 2 aliphatic heterocycles. The summed E-state index contributed by atoms with van der Waals surface area (Å²) in [7, 11) is 0. The normalized spacial score (nSPS) is 30.5. The Labute approximate surface area is 146 Å². The van der Waals surface area contributed by atoms with Crippen molar-refractivity contribution in [1.29, 1.82) is 0 Å². The quantitative estimate of drug-likeness (QED) is 0.374. The molecule has 4 heterocycles. The number of fused-ring (bicyclic) bond motifs is 1. The first-order valence-corrected chi connectivity index (χ1v) is 8.05. The van der Waals surface area contributed by atoms with Gasteiger partial charge in [-0.3, -0.25) is 9.88 Å². The van der Waals surface area contributed by atoms with Crippen LogP contribution in [0.5, 0.6) is 0 Å². The molecule has 0 aliphatic carbocycles. The molecule has 26 heavy (non-hydrogen) atoms. The molecule has 2 aliphatic rings. The number of aromatic nitrogens is 4. The number of nitrogens with one attached hydrogen (secondary N) is 2. The van der Waals surface area contributed by atoms with Crippen molar-refractivity contribution < 1.29 is 29.6 Å². The van der Waals surface area contributed by atoms with Crippen molar-refractivity contribution in [2.75, 3.05) is 25.1 Å². The molecular weight excluding hydrogens is 348 g/mol. The third-order valence-electron chi connectivity index (χ3n) is 4.27. The molecule has 5 N–H and O–H groups in total. The Morgan fingerprint density at radius 2 is 2.12 bits per heavy atom. The summed E-state index contributed by atoms with van der Waals surface area (Å²) in [4.78, 5) is 24.2. The standard InChI is InChI=1S/C14H18N6O6/c21-2-7-9(22)10(23)13(26-7)20-5-18-8-11(16-4-17-12(8)20)19-14(24)15-1-6-3-25-6/h4-7,9-10,13,21-23H,1-3H2,(H2,15,16,17,19,24)/t6?,7-,9-,10-,13-/m1/s1. The highest BCUT2D eigenvalue weighted by atomic mass is 16.6. The summed E-state index contributed by atoms with van der Waals surface area (Å²) < 4.78 is 11.9. The van der Waals surface area contributed by atoms with Gasteiger partial charge in [-0.2, -0.15) is 0 Å². The van der Waals surface area contributed by atoms with Crippen LogP contribution in [0.25, 0.3) is 11.2 Å². The number of rotatable bonds is 5. The van der Waals surface area contributed by atoms with E-state index < -0.39 is 37.2 Å². The van der Waals surface area contributed by atoms with Gasteiger partial charge in [-0.1, -0.05) is 0 Å². The zero-order chi connectivity index (χ0) is 18.3. The molecule has 12 nitrogen and oxygen atoms in total. The van der Waals surface area contributed by atoms with E-state index in [-0.39, 0.29) is 11.9 Å². The van der Waals surface area contributed by atoms with E-state index in [1.54, 1.807) is 0 Å². The van der Waals surface area contributed by atoms with Crippen molar-refractivity contribution in [2.24, 2.45) is 0 Å². The second-order valence-electron chi connectivity index (χ2n) is 6.07. The lowest BCUT2D eigenvalue weighted by molar-refractivity contribution is -0.0511. The van der Waals surface area contributed by atoms with Crippen molar-refractivity contribution in [2.45, 2.75) is 30.6 Å². The molecule has 2 fully saturated rings. The minimum Gasteiger partial charge on any atom is -0.394 e. The molecule has 5 atom stereocenters. The average Bonchev–Trinajstić information content (AvgIpc) is 3.31. The Morgan fingerprint density at radius 3 is 2.81 bits per heavy atom. The number of hydrogen-bond acceptors (Lipinski definition) is 9. The van der Waals surface area contributed by atoms with Crippen molar-refractivity contribution in [3.63, 3.8) is 0 Å². The fourth-order valence-corrected chi connectivity index (χ4v) is 2.78. The van der Waals surface area contributed by atoms with E-state index in [2.05, 4.69) is 25.6 Å². The molecule has 12 heteroatoms. The smallest absolute Gasteiger partial charge is 0.320 e. The summed E-state index contributed by atoms with van der Waals surface area (Å²) in [5.41, 5.74) is 0.596. The van der Waals surface area contributed by atoms with Crippen LogP contribution in [0.1, 0.15) is 6.23 Å². The molecule has 2 amide bonds. The maximum atomic E-state index is 11.9. The monoisotopic (exact) mass is 366 g/mol. The number of ether oxygens (including phenoxy) is 2. The third kappa shape index (κ3) is 3.08. The van der Waals surface area contributed by atoms with Gasteiger partial charge in [0.15, 0.2) is 23.2 Å². The van der Waals surface area contributed by atoms with Gasteiger partial charge in [-0.15, -0.1) is 0 Å². The van der Waals surface area contributed by atoms with E-state index in [9.17, 15) is 20.1 Å². The van der Waals surface area contributed by atoms with Gasteiger partial charge >= 0.3 is 6.03 Å². The second-order valence-corrected chi connectivity index (χ2v) is 6.07. The van der Waals surface area contributed by atoms with Crippen molar-refractivity contribution in [1.82, 2.24) is 24.8 Å².